The van der Waals surface area contributed by atoms with Gasteiger partial charge in [0.1, 0.15) is 0 Å². The normalized spacial score (nSPS) is 18.9. The Bertz CT molecular complexity index is 2560. The van der Waals surface area contributed by atoms with Gasteiger partial charge in [-0.2, -0.15) is 0 Å². The number of nitrogens with zero attached hydrogens (tertiary/aromatic N) is 1. The van der Waals surface area contributed by atoms with Crippen LogP contribution in [0.1, 0.15) is 88.9 Å². The van der Waals surface area contributed by atoms with Crippen molar-refractivity contribution in [3.05, 3.63) is 151 Å². The molecule has 2 aromatic heterocycles. The van der Waals surface area contributed by atoms with E-state index >= 15 is 0 Å². The zero-order valence-corrected chi connectivity index (χ0v) is 33.3. The van der Waals surface area contributed by atoms with Gasteiger partial charge in [0.25, 0.3) is 0 Å². The number of anilines is 2. The third kappa shape index (κ3) is 6.01. The number of thiophene rings is 2. The standard InChI is InChI=1S/C51H47NS2/c1-5-7-19-35-32-45(37-21-12-13-24-41(37)49(35)40-25-16-18-34(4)36(40)20-8-6-2)52(44-27-17-26-42-38-23-14-15-29-47(38)53-50(42)44)46-31-33(3)30-43-39-22-10-9-11-28-48(39)54-51(43)46/h2,8-13,15-17,20-21,24-29,31-34H,5,7,14,18-19,22-23,30H2,1,3-4H3/b20-8-. The lowest BCUT2D eigenvalue weighted by atomic mass is 9.80. The molecule has 2 heterocycles. The summed E-state index contributed by atoms with van der Waals surface area (Å²) in [6.07, 6.45) is 39.6. The van der Waals surface area contributed by atoms with Gasteiger partial charge in [-0.05, 0) is 143 Å². The Kier molecular flexibility index (Phi) is 9.52. The van der Waals surface area contributed by atoms with Crippen LogP contribution in [0.4, 0.5) is 11.4 Å². The highest BCUT2D eigenvalue weighted by Gasteiger charge is 2.32. The second-order valence-electron chi connectivity index (χ2n) is 15.3. The van der Waals surface area contributed by atoms with Crippen molar-refractivity contribution in [2.24, 2.45) is 11.8 Å². The van der Waals surface area contributed by atoms with E-state index in [1.807, 2.05) is 28.7 Å². The molecule has 3 aromatic carbocycles. The zero-order chi connectivity index (χ0) is 36.8. The molecular formula is C51H47NS2. The first-order chi connectivity index (χ1) is 26.6. The number of unbranched alkanes of at least 4 members (excludes halogenated alkanes) is 1. The Morgan fingerprint density at radius 3 is 2.59 bits per heavy atom. The van der Waals surface area contributed by atoms with Gasteiger partial charge in [-0.1, -0.05) is 112 Å². The molecule has 5 aromatic rings. The molecule has 2 atom stereocenters. The van der Waals surface area contributed by atoms with Gasteiger partial charge in [0.2, 0.25) is 0 Å². The molecule has 54 heavy (non-hydrogen) atoms. The average Bonchev–Trinajstić information content (AvgIpc) is 3.65. The van der Waals surface area contributed by atoms with Crippen LogP contribution in [-0.4, -0.2) is 0 Å². The lowest BCUT2D eigenvalue weighted by Crippen LogP contribution is -2.21. The van der Waals surface area contributed by atoms with Crippen LogP contribution in [0.15, 0.2) is 109 Å². The summed E-state index contributed by atoms with van der Waals surface area (Å²) < 4.78 is 1.38. The highest BCUT2D eigenvalue weighted by atomic mass is 32.1. The van der Waals surface area contributed by atoms with E-state index in [0.717, 1.165) is 51.4 Å². The molecule has 1 nitrogen and oxygen atoms in total. The summed E-state index contributed by atoms with van der Waals surface area (Å²) in [6.45, 7) is 7.05. The lowest BCUT2D eigenvalue weighted by molar-refractivity contribution is 0.707. The molecule has 0 spiro atoms. The highest BCUT2D eigenvalue weighted by molar-refractivity contribution is 7.20. The fourth-order valence-corrected chi connectivity index (χ4v) is 11.7. The van der Waals surface area contributed by atoms with E-state index in [-0.39, 0.29) is 0 Å². The van der Waals surface area contributed by atoms with Gasteiger partial charge in [-0.25, -0.2) is 0 Å². The van der Waals surface area contributed by atoms with Crippen molar-refractivity contribution in [1.82, 2.24) is 0 Å². The van der Waals surface area contributed by atoms with Crippen LogP contribution in [0.2, 0.25) is 0 Å². The molecule has 9 rings (SSSR count). The molecule has 0 fully saturated rings. The highest BCUT2D eigenvalue weighted by Crippen LogP contribution is 2.52. The summed E-state index contributed by atoms with van der Waals surface area (Å²) in [5.74, 6) is 3.58. The molecule has 268 valence electrons. The fraction of sp³-hybridized carbons (Fsp3) is 0.255. The van der Waals surface area contributed by atoms with Gasteiger partial charge < -0.3 is 4.90 Å². The van der Waals surface area contributed by atoms with Crippen molar-refractivity contribution in [3.63, 3.8) is 0 Å². The third-order valence-corrected chi connectivity index (χ3v) is 14.2. The maximum atomic E-state index is 5.80. The van der Waals surface area contributed by atoms with E-state index in [1.165, 1.54) is 91.5 Å². The van der Waals surface area contributed by atoms with Crippen LogP contribution in [-0.2, 0) is 25.7 Å². The second kappa shape index (κ2) is 14.7. The fourth-order valence-electron chi connectivity index (χ4n) is 9.14. The van der Waals surface area contributed by atoms with Crippen molar-refractivity contribution in [1.29, 1.82) is 0 Å². The van der Waals surface area contributed by atoms with Gasteiger partial charge in [0, 0.05) is 15.1 Å². The molecule has 0 radical (unpaired) electrons. The monoisotopic (exact) mass is 737 g/mol. The summed E-state index contributed by atoms with van der Waals surface area (Å²) in [5.41, 5.74) is 13.9. The number of fused-ring (bicyclic) bond motifs is 7. The molecular weight excluding hydrogens is 691 g/mol. The Labute approximate surface area is 329 Å². The number of hydrogen-bond donors (Lipinski definition) is 0. The Balaban J connectivity index is 1.37. The number of allylic oxidation sites excluding steroid dienone is 11. The molecule has 0 saturated carbocycles. The van der Waals surface area contributed by atoms with E-state index in [4.69, 9.17) is 6.42 Å². The van der Waals surface area contributed by atoms with Gasteiger partial charge in [0.05, 0.1) is 26.6 Å². The number of aryl methyl sites for hydroxylation is 2. The maximum absolute atomic E-state index is 5.80. The van der Waals surface area contributed by atoms with Crippen molar-refractivity contribution in [2.45, 2.75) is 72.1 Å². The molecule has 0 amide bonds. The van der Waals surface area contributed by atoms with Gasteiger partial charge in [0.15, 0.2) is 0 Å². The summed E-state index contributed by atoms with van der Waals surface area (Å²) in [6, 6.07) is 18.8. The molecule has 0 saturated heterocycles. The maximum Gasteiger partial charge on any atom is 0.0640 e. The molecule has 4 aliphatic rings. The zero-order valence-electron chi connectivity index (χ0n) is 31.6. The van der Waals surface area contributed by atoms with Gasteiger partial charge in [-0.3, -0.25) is 0 Å². The number of hydrogen-bond acceptors (Lipinski definition) is 3. The number of terminal acetylenes is 1. The van der Waals surface area contributed by atoms with Crippen molar-refractivity contribution >= 4 is 78.3 Å². The second-order valence-corrected chi connectivity index (χ2v) is 17.4. The first kappa shape index (κ1) is 34.9. The van der Waals surface area contributed by atoms with E-state index in [1.54, 1.807) is 0 Å². The Morgan fingerprint density at radius 2 is 1.72 bits per heavy atom. The predicted molar refractivity (Wildman–Crippen MR) is 239 cm³/mol. The smallest absolute Gasteiger partial charge is 0.0640 e. The molecule has 4 aliphatic carbocycles. The number of rotatable bonds is 8. The summed E-state index contributed by atoms with van der Waals surface area (Å²) in [4.78, 5) is 6.93. The summed E-state index contributed by atoms with van der Waals surface area (Å²) >= 11 is 3.95. The minimum absolute atomic E-state index is 0.394. The van der Waals surface area contributed by atoms with E-state index in [2.05, 4.69) is 141 Å². The topological polar surface area (TPSA) is 3.24 Å². The third-order valence-electron chi connectivity index (χ3n) is 11.7. The number of benzene rings is 3. The Morgan fingerprint density at radius 1 is 0.870 bits per heavy atom. The van der Waals surface area contributed by atoms with Crippen LogP contribution in [0.25, 0.3) is 44.3 Å². The Hall–Kier alpha value is -4.88. The van der Waals surface area contributed by atoms with Crippen molar-refractivity contribution in [2.75, 3.05) is 4.90 Å². The summed E-state index contributed by atoms with van der Waals surface area (Å²) in [7, 11) is 0. The molecule has 0 aliphatic heterocycles. The van der Waals surface area contributed by atoms with E-state index < -0.39 is 0 Å². The van der Waals surface area contributed by atoms with E-state index in [9.17, 15) is 0 Å². The predicted octanol–water partition coefficient (Wildman–Crippen LogP) is 14.5. The van der Waals surface area contributed by atoms with E-state index in [0.29, 0.717) is 11.8 Å². The van der Waals surface area contributed by atoms with Crippen LogP contribution in [0.3, 0.4) is 0 Å². The van der Waals surface area contributed by atoms with Crippen LogP contribution in [0.5, 0.6) is 0 Å². The average molecular weight is 738 g/mol. The van der Waals surface area contributed by atoms with Crippen LogP contribution in [0, 0.1) is 24.2 Å². The minimum Gasteiger partial charge on any atom is -0.307 e. The minimum atomic E-state index is 0.394. The first-order valence-corrected chi connectivity index (χ1v) is 21.5. The van der Waals surface area contributed by atoms with Crippen molar-refractivity contribution in [3.8, 4) is 12.3 Å². The van der Waals surface area contributed by atoms with Gasteiger partial charge in [-0.15, -0.1) is 29.1 Å². The van der Waals surface area contributed by atoms with Crippen molar-refractivity contribution < 1.29 is 0 Å². The largest absolute Gasteiger partial charge is 0.307 e. The SMILES string of the molecule is C#C/C=C\C1=C(c2c(CCCC)cc(N(C3=CC(C)Cc4c3sc3c4CC=CC=C3)c3cccc4c5c(sc34)C=CCC5)c3ccccc23)C=CCC1C. The lowest BCUT2D eigenvalue weighted by Gasteiger charge is -2.34. The van der Waals surface area contributed by atoms with Crippen LogP contribution >= 0.6 is 22.7 Å². The molecule has 0 bridgehead atoms. The molecule has 3 heteroatoms. The van der Waals surface area contributed by atoms with Gasteiger partial charge >= 0.3 is 0 Å². The first-order valence-electron chi connectivity index (χ1n) is 19.8. The van der Waals surface area contributed by atoms with Crippen LogP contribution < -0.4 is 4.90 Å². The molecule has 2 unspecified atom stereocenters. The molecule has 0 N–H and O–H groups in total. The quantitative estimate of drug-likeness (QED) is 0.143. The summed E-state index contributed by atoms with van der Waals surface area (Å²) in [5, 5.41) is 4.00.